The summed E-state index contributed by atoms with van der Waals surface area (Å²) in [5.74, 6) is -1.29. The van der Waals surface area contributed by atoms with E-state index in [1.807, 2.05) is 36.4 Å². The molecule has 0 saturated carbocycles. The van der Waals surface area contributed by atoms with E-state index in [-0.39, 0.29) is 5.78 Å². The van der Waals surface area contributed by atoms with Crippen molar-refractivity contribution in [3.05, 3.63) is 71.8 Å². The van der Waals surface area contributed by atoms with Gasteiger partial charge in [-0.05, 0) is 11.1 Å². The summed E-state index contributed by atoms with van der Waals surface area (Å²) < 4.78 is 0. The van der Waals surface area contributed by atoms with Gasteiger partial charge in [0.05, 0.1) is 12.2 Å². The molecule has 116 valence electrons. The number of ketones is 1. The highest BCUT2D eigenvalue weighted by Crippen LogP contribution is 2.30. The lowest BCUT2D eigenvalue weighted by Crippen LogP contribution is -2.28. The Hall–Kier alpha value is -1.97. The van der Waals surface area contributed by atoms with E-state index < -0.39 is 24.0 Å². The average Bonchev–Trinajstić information content (AvgIpc) is 2.60. The van der Waals surface area contributed by atoms with Gasteiger partial charge in [-0.2, -0.15) is 0 Å². The lowest BCUT2D eigenvalue weighted by atomic mass is 9.84. The molecule has 4 atom stereocenters. The molecule has 0 aliphatic rings. The zero-order chi connectivity index (χ0) is 16.1. The summed E-state index contributed by atoms with van der Waals surface area (Å²) in [6.45, 7) is 3.41. The van der Waals surface area contributed by atoms with Gasteiger partial charge in [0.15, 0.2) is 0 Å². The van der Waals surface area contributed by atoms with E-state index in [1.54, 1.807) is 38.1 Å². The quantitative estimate of drug-likeness (QED) is 0.860. The number of carbonyl (C=O) groups excluding carboxylic acids is 1. The van der Waals surface area contributed by atoms with Gasteiger partial charge < -0.3 is 10.2 Å². The van der Waals surface area contributed by atoms with Gasteiger partial charge in [-0.15, -0.1) is 0 Å². The van der Waals surface area contributed by atoms with Gasteiger partial charge >= 0.3 is 0 Å². The first kappa shape index (κ1) is 16.4. The second-order valence-corrected chi connectivity index (χ2v) is 5.69. The maximum absolute atomic E-state index is 12.6. The van der Waals surface area contributed by atoms with Crippen LogP contribution in [0.3, 0.4) is 0 Å². The molecule has 3 heteroatoms. The Balaban J connectivity index is 2.10. The minimum Gasteiger partial charge on any atom is -0.388 e. The van der Waals surface area contributed by atoms with Gasteiger partial charge in [0, 0.05) is 11.8 Å². The Morgan fingerprint density at radius 2 is 1.05 bits per heavy atom. The third-order valence-corrected chi connectivity index (χ3v) is 4.13. The van der Waals surface area contributed by atoms with Crippen LogP contribution in [0.15, 0.2) is 60.7 Å². The molecule has 3 nitrogen and oxygen atoms in total. The molecule has 0 fully saturated rings. The van der Waals surface area contributed by atoms with Crippen molar-refractivity contribution in [3.8, 4) is 0 Å². The highest BCUT2D eigenvalue weighted by molar-refractivity contribution is 5.84. The average molecular weight is 298 g/mol. The Bertz CT molecular complexity index is 541. The van der Waals surface area contributed by atoms with Crippen molar-refractivity contribution >= 4 is 5.78 Å². The predicted molar refractivity (Wildman–Crippen MR) is 86.1 cm³/mol. The highest BCUT2D eigenvalue weighted by atomic mass is 16.3. The third-order valence-electron chi connectivity index (χ3n) is 4.13. The largest absolute Gasteiger partial charge is 0.388 e. The molecule has 0 unspecified atom stereocenters. The number of benzene rings is 2. The van der Waals surface area contributed by atoms with Crippen molar-refractivity contribution in [1.82, 2.24) is 0 Å². The molecular weight excluding hydrogens is 276 g/mol. The molecule has 0 heterocycles. The summed E-state index contributed by atoms with van der Waals surface area (Å²) >= 11 is 0. The lowest BCUT2D eigenvalue weighted by Gasteiger charge is -2.24. The van der Waals surface area contributed by atoms with Crippen molar-refractivity contribution in [1.29, 1.82) is 0 Å². The summed E-state index contributed by atoms with van der Waals surface area (Å²) in [5.41, 5.74) is 1.43. The van der Waals surface area contributed by atoms with Crippen LogP contribution in [0.25, 0.3) is 0 Å². The van der Waals surface area contributed by atoms with E-state index in [0.29, 0.717) is 11.1 Å². The molecule has 0 saturated heterocycles. The van der Waals surface area contributed by atoms with Crippen molar-refractivity contribution in [2.24, 2.45) is 11.8 Å². The molecule has 0 aliphatic heterocycles. The van der Waals surface area contributed by atoms with Crippen molar-refractivity contribution in [2.75, 3.05) is 0 Å². The fourth-order valence-corrected chi connectivity index (χ4v) is 2.60. The van der Waals surface area contributed by atoms with Gasteiger partial charge in [0.25, 0.3) is 0 Å². The Morgan fingerprint density at radius 3 is 1.36 bits per heavy atom. The van der Waals surface area contributed by atoms with Crippen LogP contribution >= 0.6 is 0 Å². The molecule has 0 bridgehead atoms. The van der Waals surface area contributed by atoms with Gasteiger partial charge in [-0.25, -0.2) is 0 Å². The minimum absolute atomic E-state index is 0.146. The normalized spacial score (nSPS) is 16.5. The SMILES string of the molecule is C[C@H](C(=O)[C@@H](C)[C@@H](O)c1ccccc1)[C@@H](O)c1ccccc1. The van der Waals surface area contributed by atoms with Crippen LogP contribution in [0.1, 0.15) is 37.2 Å². The Labute approximate surface area is 131 Å². The molecule has 2 aromatic rings. The lowest BCUT2D eigenvalue weighted by molar-refractivity contribution is -0.132. The molecule has 22 heavy (non-hydrogen) atoms. The van der Waals surface area contributed by atoms with Crippen LogP contribution in [-0.2, 0) is 4.79 Å². The second kappa shape index (κ2) is 7.34. The molecule has 0 radical (unpaired) electrons. The van der Waals surface area contributed by atoms with Crippen molar-refractivity contribution < 1.29 is 15.0 Å². The van der Waals surface area contributed by atoms with Crippen LogP contribution < -0.4 is 0 Å². The van der Waals surface area contributed by atoms with E-state index in [9.17, 15) is 15.0 Å². The van der Waals surface area contributed by atoms with E-state index in [0.717, 1.165) is 0 Å². The van der Waals surface area contributed by atoms with Crippen molar-refractivity contribution in [2.45, 2.75) is 26.1 Å². The van der Waals surface area contributed by atoms with E-state index in [4.69, 9.17) is 0 Å². The molecule has 2 aromatic carbocycles. The number of hydrogen-bond donors (Lipinski definition) is 2. The molecule has 2 N–H and O–H groups in total. The molecular formula is C19H22O3. The van der Waals surface area contributed by atoms with Crippen LogP contribution in [0.2, 0.25) is 0 Å². The fraction of sp³-hybridized carbons (Fsp3) is 0.316. The molecule has 0 aromatic heterocycles. The van der Waals surface area contributed by atoms with E-state index in [1.165, 1.54) is 0 Å². The number of carbonyl (C=O) groups is 1. The monoisotopic (exact) mass is 298 g/mol. The van der Waals surface area contributed by atoms with E-state index >= 15 is 0 Å². The van der Waals surface area contributed by atoms with Crippen LogP contribution in [-0.4, -0.2) is 16.0 Å². The molecule has 2 rings (SSSR count). The number of Topliss-reactive ketones (excluding diaryl/α,β-unsaturated/α-hetero) is 1. The molecule has 0 spiro atoms. The van der Waals surface area contributed by atoms with Crippen LogP contribution in [0.5, 0.6) is 0 Å². The second-order valence-electron chi connectivity index (χ2n) is 5.69. The number of hydrogen-bond acceptors (Lipinski definition) is 3. The number of rotatable bonds is 6. The number of aliphatic hydroxyl groups excluding tert-OH is 2. The first-order chi connectivity index (χ1) is 10.5. The first-order valence-corrected chi connectivity index (χ1v) is 7.52. The predicted octanol–water partition coefficient (Wildman–Crippen LogP) is 3.29. The van der Waals surface area contributed by atoms with Crippen LogP contribution in [0, 0.1) is 11.8 Å². The Kier molecular flexibility index (Phi) is 5.47. The van der Waals surface area contributed by atoms with Crippen molar-refractivity contribution in [3.63, 3.8) is 0 Å². The maximum Gasteiger partial charge on any atom is 0.144 e. The van der Waals surface area contributed by atoms with E-state index in [2.05, 4.69) is 0 Å². The molecule has 0 aliphatic carbocycles. The van der Waals surface area contributed by atoms with Gasteiger partial charge in [-0.3, -0.25) is 4.79 Å². The number of aliphatic hydroxyl groups is 2. The smallest absolute Gasteiger partial charge is 0.144 e. The third kappa shape index (κ3) is 3.62. The highest BCUT2D eigenvalue weighted by Gasteiger charge is 2.31. The Morgan fingerprint density at radius 1 is 0.727 bits per heavy atom. The standard InChI is InChI=1S/C19H22O3/c1-13(18(21)15-9-5-3-6-10-15)17(20)14(2)19(22)16-11-7-4-8-12-16/h3-14,18-19,21-22H,1-2H3/t13-,14-,18-,19-/m1/s1. The van der Waals surface area contributed by atoms with Crippen LogP contribution in [0.4, 0.5) is 0 Å². The summed E-state index contributed by atoms with van der Waals surface area (Å²) in [4.78, 5) is 12.6. The van der Waals surface area contributed by atoms with Gasteiger partial charge in [-0.1, -0.05) is 74.5 Å². The summed E-state index contributed by atoms with van der Waals surface area (Å²) in [5, 5.41) is 20.7. The summed E-state index contributed by atoms with van der Waals surface area (Å²) in [7, 11) is 0. The fourth-order valence-electron chi connectivity index (χ4n) is 2.60. The first-order valence-electron chi connectivity index (χ1n) is 7.52. The summed E-state index contributed by atoms with van der Waals surface area (Å²) in [6.07, 6.45) is -1.72. The zero-order valence-electron chi connectivity index (χ0n) is 12.9. The van der Waals surface area contributed by atoms with Gasteiger partial charge in [0.1, 0.15) is 5.78 Å². The minimum atomic E-state index is -0.862. The summed E-state index contributed by atoms with van der Waals surface area (Å²) in [6, 6.07) is 18.2. The topological polar surface area (TPSA) is 57.5 Å². The molecule has 0 amide bonds. The maximum atomic E-state index is 12.6. The van der Waals surface area contributed by atoms with Gasteiger partial charge in [0.2, 0.25) is 0 Å². The zero-order valence-corrected chi connectivity index (χ0v) is 12.9.